The van der Waals surface area contributed by atoms with Gasteiger partial charge < -0.3 is 10.6 Å². The summed E-state index contributed by atoms with van der Waals surface area (Å²) in [5.74, 6) is 0.103. The van der Waals surface area contributed by atoms with E-state index in [1.807, 2.05) is 26.4 Å². The number of nitrogens with one attached hydrogen (secondary N) is 2. The Hall–Kier alpha value is -1.36. The van der Waals surface area contributed by atoms with E-state index in [-0.39, 0.29) is 11.9 Å². The average Bonchev–Trinajstić information content (AvgIpc) is 2.97. The van der Waals surface area contributed by atoms with Crippen LogP contribution in [0, 0.1) is 0 Å². The summed E-state index contributed by atoms with van der Waals surface area (Å²) >= 11 is 0. The molecule has 1 aliphatic rings. The zero-order valence-corrected chi connectivity index (χ0v) is 11.1. The van der Waals surface area contributed by atoms with Crippen molar-refractivity contribution in [2.75, 3.05) is 0 Å². The highest BCUT2D eigenvalue weighted by atomic mass is 16.2. The molecule has 0 aliphatic heterocycles. The first-order valence-electron chi connectivity index (χ1n) is 6.66. The molecular weight excluding hydrogens is 228 g/mol. The van der Waals surface area contributed by atoms with Crippen molar-refractivity contribution in [1.29, 1.82) is 0 Å². The molecule has 1 heterocycles. The van der Waals surface area contributed by atoms with Crippen molar-refractivity contribution in [2.45, 2.75) is 51.2 Å². The summed E-state index contributed by atoms with van der Waals surface area (Å²) in [5.41, 5.74) is 1.10. The molecule has 100 valence electrons. The quantitative estimate of drug-likeness (QED) is 0.818. The van der Waals surface area contributed by atoms with E-state index in [0.717, 1.165) is 18.4 Å². The Balaban J connectivity index is 1.73. The molecule has 1 aromatic rings. The largest absolute Gasteiger partial charge is 0.352 e. The predicted molar refractivity (Wildman–Crippen MR) is 69.9 cm³/mol. The summed E-state index contributed by atoms with van der Waals surface area (Å²) in [6.45, 7) is 2.58. The van der Waals surface area contributed by atoms with Crippen LogP contribution >= 0.6 is 0 Å². The summed E-state index contributed by atoms with van der Waals surface area (Å²) in [6.07, 6.45) is 8.50. The number of hydrogen-bond acceptors (Lipinski definition) is 3. The Morgan fingerprint density at radius 3 is 2.89 bits per heavy atom. The third-order valence-electron chi connectivity index (χ3n) is 3.47. The van der Waals surface area contributed by atoms with E-state index < -0.39 is 0 Å². The third kappa shape index (κ3) is 3.57. The monoisotopic (exact) mass is 250 g/mol. The van der Waals surface area contributed by atoms with Gasteiger partial charge in [-0.25, -0.2) is 0 Å². The number of carbonyl (C=O) groups excluding carboxylic acids is 1. The van der Waals surface area contributed by atoms with E-state index in [0.29, 0.717) is 12.6 Å². The lowest BCUT2D eigenvalue weighted by Gasteiger charge is -2.17. The summed E-state index contributed by atoms with van der Waals surface area (Å²) in [7, 11) is 1.89. The minimum atomic E-state index is -0.161. The highest BCUT2D eigenvalue weighted by Crippen LogP contribution is 2.17. The van der Waals surface area contributed by atoms with Crippen molar-refractivity contribution in [3.05, 3.63) is 18.0 Å². The molecular formula is C13H22N4O. The smallest absolute Gasteiger partial charge is 0.237 e. The number of hydrogen-bond donors (Lipinski definition) is 2. The first-order chi connectivity index (χ1) is 8.65. The summed E-state index contributed by atoms with van der Waals surface area (Å²) < 4.78 is 1.76. The molecule has 18 heavy (non-hydrogen) atoms. The molecule has 1 aromatic heterocycles. The summed E-state index contributed by atoms with van der Waals surface area (Å²) in [6, 6.07) is 0.228. The van der Waals surface area contributed by atoms with Crippen LogP contribution < -0.4 is 10.6 Å². The van der Waals surface area contributed by atoms with Gasteiger partial charge in [-0.2, -0.15) is 5.10 Å². The first-order valence-corrected chi connectivity index (χ1v) is 6.66. The molecule has 1 unspecified atom stereocenters. The SMILES string of the molecule is CC(NCc1cnn(C)c1)C(=O)NC1CCCC1. The van der Waals surface area contributed by atoms with Crippen molar-refractivity contribution in [3.8, 4) is 0 Å². The molecule has 0 spiro atoms. The Morgan fingerprint density at radius 1 is 1.56 bits per heavy atom. The molecule has 2 rings (SSSR count). The molecule has 1 atom stereocenters. The lowest BCUT2D eigenvalue weighted by Crippen LogP contribution is -2.45. The van der Waals surface area contributed by atoms with Crippen molar-refractivity contribution in [1.82, 2.24) is 20.4 Å². The van der Waals surface area contributed by atoms with Gasteiger partial charge in [0, 0.05) is 31.4 Å². The standard InChI is InChI=1S/C13H22N4O/c1-10(13(18)16-12-5-3-4-6-12)14-7-11-8-15-17(2)9-11/h8-10,12,14H,3-7H2,1-2H3,(H,16,18). The van der Waals surface area contributed by atoms with Gasteiger partial charge in [0.25, 0.3) is 0 Å². The summed E-state index contributed by atoms with van der Waals surface area (Å²) in [4.78, 5) is 11.9. The number of rotatable bonds is 5. The summed E-state index contributed by atoms with van der Waals surface area (Å²) in [5, 5.41) is 10.4. The molecule has 1 fully saturated rings. The van der Waals surface area contributed by atoms with Crippen LogP contribution in [0.2, 0.25) is 0 Å². The highest BCUT2D eigenvalue weighted by molar-refractivity contribution is 5.81. The number of amides is 1. The van der Waals surface area contributed by atoms with Crippen LogP contribution in [-0.2, 0) is 18.4 Å². The second-order valence-corrected chi connectivity index (χ2v) is 5.11. The third-order valence-corrected chi connectivity index (χ3v) is 3.47. The van der Waals surface area contributed by atoms with E-state index in [1.165, 1.54) is 12.8 Å². The van der Waals surface area contributed by atoms with E-state index in [2.05, 4.69) is 15.7 Å². The van der Waals surface area contributed by atoms with E-state index in [4.69, 9.17) is 0 Å². The van der Waals surface area contributed by atoms with Crippen LogP contribution in [0.1, 0.15) is 38.2 Å². The maximum Gasteiger partial charge on any atom is 0.237 e. The topological polar surface area (TPSA) is 59.0 Å². The molecule has 1 aliphatic carbocycles. The van der Waals surface area contributed by atoms with Gasteiger partial charge in [0.15, 0.2) is 0 Å². The number of carbonyl (C=O) groups is 1. The number of nitrogens with zero attached hydrogens (tertiary/aromatic N) is 2. The molecule has 2 N–H and O–H groups in total. The van der Waals surface area contributed by atoms with Gasteiger partial charge in [0.2, 0.25) is 5.91 Å². The zero-order chi connectivity index (χ0) is 13.0. The van der Waals surface area contributed by atoms with E-state index >= 15 is 0 Å². The van der Waals surface area contributed by atoms with Gasteiger partial charge in [-0.05, 0) is 19.8 Å². The van der Waals surface area contributed by atoms with Crippen LogP contribution in [0.5, 0.6) is 0 Å². The van der Waals surface area contributed by atoms with Crippen LogP contribution in [0.4, 0.5) is 0 Å². The Kier molecular flexibility index (Phi) is 4.36. The molecule has 0 bridgehead atoms. The Labute approximate surface area is 108 Å². The molecule has 5 nitrogen and oxygen atoms in total. The molecule has 1 amide bonds. The Bertz CT molecular complexity index is 395. The van der Waals surface area contributed by atoms with Crippen LogP contribution in [0.25, 0.3) is 0 Å². The van der Waals surface area contributed by atoms with Crippen LogP contribution in [0.3, 0.4) is 0 Å². The fourth-order valence-electron chi connectivity index (χ4n) is 2.32. The van der Waals surface area contributed by atoms with Gasteiger partial charge in [0.05, 0.1) is 12.2 Å². The lowest BCUT2D eigenvalue weighted by molar-refractivity contribution is -0.123. The first kappa shape index (κ1) is 13.1. The van der Waals surface area contributed by atoms with Crippen LogP contribution in [0.15, 0.2) is 12.4 Å². The van der Waals surface area contributed by atoms with Crippen LogP contribution in [-0.4, -0.2) is 27.8 Å². The highest BCUT2D eigenvalue weighted by Gasteiger charge is 2.20. The zero-order valence-electron chi connectivity index (χ0n) is 11.1. The minimum Gasteiger partial charge on any atom is -0.352 e. The van der Waals surface area contributed by atoms with Gasteiger partial charge in [-0.15, -0.1) is 0 Å². The maximum atomic E-state index is 11.9. The minimum absolute atomic E-state index is 0.103. The fourth-order valence-corrected chi connectivity index (χ4v) is 2.32. The second-order valence-electron chi connectivity index (χ2n) is 5.11. The van der Waals surface area contributed by atoms with E-state index in [1.54, 1.807) is 4.68 Å². The van der Waals surface area contributed by atoms with Crippen molar-refractivity contribution < 1.29 is 4.79 Å². The van der Waals surface area contributed by atoms with Crippen molar-refractivity contribution in [3.63, 3.8) is 0 Å². The van der Waals surface area contributed by atoms with Gasteiger partial charge in [-0.1, -0.05) is 12.8 Å². The Morgan fingerprint density at radius 2 is 2.28 bits per heavy atom. The molecule has 0 saturated heterocycles. The number of aryl methyl sites for hydroxylation is 1. The number of aromatic nitrogens is 2. The maximum absolute atomic E-state index is 11.9. The molecule has 0 radical (unpaired) electrons. The predicted octanol–water partition coefficient (Wildman–Crippen LogP) is 0.957. The molecule has 1 saturated carbocycles. The van der Waals surface area contributed by atoms with Crippen molar-refractivity contribution >= 4 is 5.91 Å². The van der Waals surface area contributed by atoms with E-state index in [9.17, 15) is 4.79 Å². The normalized spacial score (nSPS) is 17.9. The van der Waals surface area contributed by atoms with Gasteiger partial charge >= 0.3 is 0 Å². The van der Waals surface area contributed by atoms with Gasteiger partial charge in [-0.3, -0.25) is 9.48 Å². The second kappa shape index (κ2) is 6.00. The van der Waals surface area contributed by atoms with Gasteiger partial charge in [0.1, 0.15) is 0 Å². The fraction of sp³-hybridized carbons (Fsp3) is 0.692. The van der Waals surface area contributed by atoms with Crippen molar-refractivity contribution in [2.24, 2.45) is 7.05 Å². The molecule has 0 aromatic carbocycles. The molecule has 5 heteroatoms. The lowest BCUT2D eigenvalue weighted by atomic mass is 10.2. The average molecular weight is 250 g/mol.